The minimum Gasteiger partial charge on any atom is -0.497 e. The van der Waals surface area contributed by atoms with Crippen molar-refractivity contribution in [2.45, 2.75) is 6.10 Å². The maximum atomic E-state index is 12.3. The van der Waals surface area contributed by atoms with Crippen LogP contribution in [0.4, 0.5) is 0 Å². The number of aliphatic hydroxyl groups excluding tert-OH is 1. The van der Waals surface area contributed by atoms with Gasteiger partial charge in [-0.25, -0.2) is 0 Å². The number of ether oxygens (including phenoxy) is 1. The number of rotatable bonds is 5. The standard InChI is InChI=1S/C17H18BrNO3/c1-19(17(21)12-6-8-14(18)9-7-12)11-16(20)13-4-3-5-15(10-13)22-2/h3-10,16,20H,11H2,1-2H3. The number of benzene rings is 2. The summed E-state index contributed by atoms with van der Waals surface area (Å²) < 4.78 is 6.06. The van der Waals surface area contributed by atoms with Crippen molar-refractivity contribution in [1.82, 2.24) is 4.90 Å². The SMILES string of the molecule is COc1cccc(C(O)CN(C)C(=O)c2ccc(Br)cc2)c1. The van der Waals surface area contributed by atoms with Gasteiger partial charge in [0.05, 0.1) is 19.8 Å². The second-order valence-corrected chi connectivity index (χ2v) is 5.90. The van der Waals surface area contributed by atoms with Crippen LogP contribution in [0.2, 0.25) is 0 Å². The predicted octanol–water partition coefficient (Wildman–Crippen LogP) is 3.26. The van der Waals surface area contributed by atoms with E-state index in [0.717, 1.165) is 10.0 Å². The number of hydrogen-bond acceptors (Lipinski definition) is 3. The molecule has 1 unspecified atom stereocenters. The number of amides is 1. The van der Waals surface area contributed by atoms with Crippen LogP contribution in [-0.2, 0) is 0 Å². The number of carbonyl (C=O) groups excluding carboxylic acids is 1. The molecule has 0 radical (unpaired) electrons. The number of halogens is 1. The van der Waals surface area contributed by atoms with Gasteiger partial charge in [0.1, 0.15) is 5.75 Å². The number of carbonyl (C=O) groups is 1. The van der Waals surface area contributed by atoms with Crippen LogP contribution in [0.3, 0.4) is 0 Å². The molecule has 1 N–H and O–H groups in total. The van der Waals surface area contributed by atoms with Gasteiger partial charge in [0.15, 0.2) is 0 Å². The van der Waals surface area contributed by atoms with E-state index >= 15 is 0 Å². The Morgan fingerprint density at radius 2 is 1.95 bits per heavy atom. The van der Waals surface area contributed by atoms with Gasteiger partial charge in [-0.15, -0.1) is 0 Å². The molecule has 0 spiro atoms. The van der Waals surface area contributed by atoms with E-state index < -0.39 is 6.10 Å². The predicted molar refractivity (Wildman–Crippen MR) is 89.1 cm³/mol. The summed E-state index contributed by atoms with van der Waals surface area (Å²) in [5, 5.41) is 10.3. The topological polar surface area (TPSA) is 49.8 Å². The van der Waals surface area contributed by atoms with E-state index in [-0.39, 0.29) is 12.5 Å². The molecule has 0 aliphatic rings. The van der Waals surface area contributed by atoms with E-state index in [2.05, 4.69) is 15.9 Å². The van der Waals surface area contributed by atoms with Crippen LogP contribution < -0.4 is 4.74 Å². The van der Waals surface area contributed by atoms with E-state index in [9.17, 15) is 9.90 Å². The van der Waals surface area contributed by atoms with Crippen molar-refractivity contribution in [3.63, 3.8) is 0 Å². The molecule has 0 heterocycles. The van der Waals surface area contributed by atoms with Crippen LogP contribution in [0.1, 0.15) is 22.0 Å². The van der Waals surface area contributed by atoms with Gasteiger partial charge in [0, 0.05) is 17.1 Å². The van der Waals surface area contributed by atoms with Crippen LogP contribution >= 0.6 is 15.9 Å². The molecule has 0 saturated heterocycles. The Hall–Kier alpha value is -1.85. The molecule has 0 saturated carbocycles. The summed E-state index contributed by atoms with van der Waals surface area (Å²) in [4.78, 5) is 13.8. The molecule has 0 bridgehead atoms. The molecule has 1 amide bonds. The maximum Gasteiger partial charge on any atom is 0.253 e. The van der Waals surface area contributed by atoms with Crippen molar-refractivity contribution in [2.75, 3.05) is 20.7 Å². The third-order valence-electron chi connectivity index (χ3n) is 3.36. The highest BCUT2D eigenvalue weighted by atomic mass is 79.9. The minimum absolute atomic E-state index is 0.130. The molecule has 4 nitrogen and oxygen atoms in total. The lowest BCUT2D eigenvalue weighted by Crippen LogP contribution is -2.31. The van der Waals surface area contributed by atoms with E-state index in [1.54, 1.807) is 32.4 Å². The Labute approximate surface area is 138 Å². The number of aliphatic hydroxyl groups is 1. The highest BCUT2D eigenvalue weighted by Crippen LogP contribution is 2.20. The van der Waals surface area contributed by atoms with E-state index in [1.165, 1.54) is 4.90 Å². The molecular weight excluding hydrogens is 346 g/mol. The molecule has 5 heteroatoms. The molecule has 2 rings (SSSR count). The Morgan fingerprint density at radius 3 is 2.59 bits per heavy atom. The Kier molecular flexibility index (Phi) is 5.57. The molecule has 0 aliphatic heterocycles. The smallest absolute Gasteiger partial charge is 0.253 e. The highest BCUT2D eigenvalue weighted by molar-refractivity contribution is 9.10. The lowest BCUT2D eigenvalue weighted by Gasteiger charge is -2.21. The zero-order valence-electron chi connectivity index (χ0n) is 12.5. The highest BCUT2D eigenvalue weighted by Gasteiger charge is 2.17. The van der Waals surface area contributed by atoms with Crippen molar-refractivity contribution < 1.29 is 14.6 Å². The van der Waals surface area contributed by atoms with E-state index in [0.29, 0.717) is 11.3 Å². The first-order chi connectivity index (χ1) is 10.5. The zero-order valence-corrected chi connectivity index (χ0v) is 14.1. The number of nitrogens with zero attached hydrogens (tertiary/aromatic N) is 1. The average molecular weight is 364 g/mol. The summed E-state index contributed by atoms with van der Waals surface area (Å²) in [6, 6.07) is 14.3. The summed E-state index contributed by atoms with van der Waals surface area (Å²) in [7, 11) is 3.25. The van der Waals surface area contributed by atoms with Crippen molar-refractivity contribution in [3.05, 3.63) is 64.1 Å². The van der Waals surface area contributed by atoms with Gasteiger partial charge < -0.3 is 14.7 Å². The Morgan fingerprint density at radius 1 is 1.27 bits per heavy atom. The third-order valence-corrected chi connectivity index (χ3v) is 3.89. The summed E-state index contributed by atoms with van der Waals surface area (Å²) in [6.07, 6.45) is -0.764. The fourth-order valence-corrected chi connectivity index (χ4v) is 2.37. The lowest BCUT2D eigenvalue weighted by atomic mass is 10.1. The van der Waals surface area contributed by atoms with Gasteiger partial charge >= 0.3 is 0 Å². The van der Waals surface area contributed by atoms with Gasteiger partial charge in [-0.1, -0.05) is 28.1 Å². The first kappa shape index (κ1) is 16.5. The molecule has 0 aromatic heterocycles. The van der Waals surface area contributed by atoms with Gasteiger partial charge in [0.25, 0.3) is 5.91 Å². The van der Waals surface area contributed by atoms with Crippen molar-refractivity contribution in [2.24, 2.45) is 0 Å². The fraction of sp³-hybridized carbons (Fsp3) is 0.235. The van der Waals surface area contributed by atoms with Gasteiger partial charge in [-0.3, -0.25) is 4.79 Å². The monoisotopic (exact) mass is 363 g/mol. The van der Waals surface area contributed by atoms with E-state index in [1.807, 2.05) is 30.3 Å². The molecule has 22 heavy (non-hydrogen) atoms. The van der Waals surface area contributed by atoms with Crippen LogP contribution in [-0.4, -0.2) is 36.6 Å². The second-order valence-electron chi connectivity index (χ2n) is 4.98. The Bertz CT molecular complexity index is 643. The summed E-state index contributed by atoms with van der Waals surface area (Å²) in [5.41, 5.74) is 1.30. The largest absolute Gasteiger partial charge is 0.497 e. The normalized spacial score (nSPS) is 11.8. The fourth-order valence-electron chi connectivity index (χ4n) is 2.11. The van der Waals surface area contributed by atoms with Gasteiger partial charge in [-0.05, 0) is 42.0 Å². The Balaban J connectivity index is 2.05. The van der Waals surface area contributed by atoms with E-state index in [4.69, 9.17) is 4.74 Å². The number of methoxy groups -OCH3 is 1. The van der Waals surface area contributed by atoms with Gasteiger partial charge in [0.2, 0.25) is 0 Å². The average Bonchev–Trinajstić information content (AvgIpc) is 2.54. The molecule has 0 aliphatic carbocycles. The van der Waals surface area contributed by atoms with Crippen molar-refractivity contribution in [3.8, 4) is 5.75 Å². The van der Waals surface area contributed by atoms with Crippen LogP contribution in [0, 0.1) is 0 Å². The van der Waals surface area contributed by atoms with Crippen molar-refractivity contribution >= 4 is 21.8 Å². The molecule has 116 valence electrons. The van der Waals surface area contributed by atoms with Crippen LogP contribution in [0.5, 0.6) is 5.75 Å². The number of hydrogen-bond donors (Lipinski definition) is 1. The molecular formula is C17H18BrNO3. The quantitative estimate of drug-likeness (QED) is 0.886. The zero-order chi connectivity index (χ0) is 16.1. The third kappa shape index (κ3) is 4.08. The minimum atomic E-state index is -0.764. The summed E-state index contributed by atoms with van der Waals surface area (Å²) in [6.45, 7) is 0.210. The maximum absolute atomic E-state index is 12.3. The first-order valence-electron chi connectivity index (χ1n) is 6.84. The summed E-state index contributed by atoms with van der Waals surface area (Å²) >= 11 is 3.34. The number of likely N-dealkylation sites (N-methyl/N-ethyl adjacent to an activating group) is 1. The lowest BCUT2D eigenvalue weighted by molar-refractivity contribution is 0.0681. The second kappa shape index (κ2) is 7.42. The summed E-state index contributed by atoms with van der Waals surface area (Å²) in [5.74, 6) is 0.549. The van der Waals surface area contributed by atoms with Crippen LogP contribution in [0.15, 0.2) is 53.0 Å². The molecule has 1 atom stereocenters. The van der Waals surface area contributed by atoms with Crippen molar-refractivity contribution in [1.29, 1.82) is 0 Å². The van der Waals surface area contributed by atoms with Gasteiger partial charge in [-0.2, -0.15) is 0 Å². The first-order valence-corrected chi connectivity index (χ1v) is 7.63. The van der Waals surface area contributed by atoms with Crippen LogP contribution in [0.25, 0.3) is 0 Å². The molecule has 2 aromatic carbocycles. The molecule has 0 fully saturated rings. The molecule has 2 aromatic rings.